The van der Waals surface area contributed by atoms with Crippen LogP contribution in [-0.2, 0) is 27.1 Å². The Hall–Kier alpha value is -5.21. The monoisotopic (exact) mass is 909 g/mol. The second-order valence-corrected chi connectivity index (χ2v) is 21.5. The Morgan fingerprint density at radius 3 is 2.31 bits per heavy atom. The van der Waals surface area contributed by atoms with Crippen LogP contribution in [0, 0.1) is 0 Å². The highest BCUT2D eigenvalue weighted by Crippen LogP contribution is 2.41. The number of nitrogens with one attached hydrogen (secondary N) is 3. The minimum Gasteiger partial charge on any atom is -0.494 e. The highest BCUT2D eigenvalue weighted by molar-refractivity contribution is 7.70. The highest BCUT2D eigenvalue weighted by Gasteiger charge is 2.42. The van der Waals surface area contributed by atoms with Crippen LogP contribution in [0.5, 0.6) is 11.5 Å². The summed E-state index contributed by atoms with van der Waals surface area (Å²) >= 11 is 6.54. The van der Waals surface area contributed by atoms with Crippen molar-refractivity contribution in [2.45, 2.75) is 82.6 Å². The summed E-state index contributed by atoms with van der Waals surface area (Å²) in [6.07, 6.45) is 7.15. The molecule has 3 saturated heterocycles. The van der Waals surface area contributed by atoms with E-state index >= 15 is 0 Å². The normalized spacial score (nSPS) is 22.2. The number of carbonyl (C=O) groups excluding carboxylic acids is 3. The average Bonchev–Trinajstić information content (AvgIpc) is 3.61. The standard InChI is InChI=1S/C47H57ClN9O6P/c1-5-29-23-37(51-47-49-27-35(48)44(53-47)50-36-10-6-7-12-42(36)64(3,4)61)41(62-2)26-39(29)56-17-15-30(16-18-56)54-19-21-55(22-20-54)31-24-32(25-31)63-40-11-8-9-33-34(40)28-57(46(33)60)38-13-14-43(58)52-45(38)59/h6-12,23,26-27,30-32,38H,5,13-22,24-25,28H2,1-4H3,(H,52,58,59)(H2,49,50,51,53)/t31-,32-,38?. The van der Waals surface area contributed by atoms with Gasteiger partial charge in [0.25, 0.3) is 5.91 Å². The predicted octanol–water partition coefficient (Wildman–Crippen LogP) is 6.39. The van der Waals surface area contributed by atoms with Crippen molar-refractivity contribution in [1.29, 1.82) is 0 Å². The van der Waals surface area contributed by atoms with Crippen LogP contribution in [0.1, 0.15) is 66.9 Å². The lowest BCUT2D eigenvalue weighted by atomic mass is 9.87. The van der Waals surface area contributed by atoms with Crippen LogP contribution in [0.15, 0.2) is 60.8 Å². The molecule has 4 fully saturated rings. The molecule has 1 unspecified atom stereocenters. The number of benzene rings is 3. The van der Waals surface area contributed by atoms with Crippen molar-refractivity contribution in [2.75, 3.05) is 75.2 Å². The number of para-hydroxylation sites is 1. The second-order valence-electron chi connectivity index (χ2n) is 17.9. The van der Waals surface area contributed by atoms with Crippen molar-refractivity contribution in [3.05, 3.63) is 82.5 Å². The number of imide groups is 1. The molecule has 1 aliphatic carbocycles. The average molecular weight is 910 g/mol. The van der Waals surface area contributed by atoms with E-state index in [0.29, 0.717) is 58.8 Å². The van der Waals surface area contributed by atoms with Gasteiger partial charge in [-0.25, -0.2) is 4.98 Å². The Balaban J connectivity index is 0.760. The molecule has 3 N–H and O–H groups in total. The SMILES string of the molecule is CCc1cc(Nc2ncc(Cl)c(Nc3ccccc3P(C)(C)=O)n2)c(OC)cc1N1CCC(N2CCN([C@H]3C[C@H](Oc4cccc5c4CN(C4CCC(=O)NC4=O)C5=O)C3)CC2)CC1. The zero-order chi connectivity index (χ0) is 44.7. The summed E-state index contributed by atoms with van der Waals surface area (Å²) < 4.78 is 25.4. The van der Waals surface area contributed by atoms with Crippen molar-refractivity contribution >= 4 is 70.6 Å². The molecule has 17 heteroatoms. The van der Waals surface area contributed by atoms with Crippen LogP contribution in [-0.4, -0.2) is 126 Å². The van der Waals surface area contributed by atoms with Crippen LogP contribution in [0.3, 0.4) is 0 Å². The van der Waals surface area contributed by atoms with Crippen LogP contribution < -0.4 is 35.6 Å². The maximum absolute atomic E-state index is 13.3. The fraction of sp³-hybridized carbons (Fsp3) is 0.468. The lowest BCUT2D eigenvalue weighted by molar-refractivity contribution is -0.136. The van der Waals surface area contributed by atoms with Crippen molar-refractivity contribution in [3.8, 4) is 11.5 Å². The molecule has 4 aromatic rings. The molecule has 338 valence electrons. The van der Waals surface area contributed by atoms with E-state index in [-0.39, 0.29) is 24.3 Å². The molecule has 15 nitrogen and oxygen atoms in total. The number of fused-ring (bicyclic) bond motifs is 1. The van der Waals surface area contributed by atoms with Gasteiger partial charge in [0.2, 0.25) is 17.8 Å². The Kier molecular flexibility index (Phi) is 12.6. The molecule has 1 atom stereocenters. The lowest BCUT2D eigenvalue weighted by Crippen LogP contribution is -2.58. The minimum atomic E-state index is -2.56. The lowest BCUT2D eigenvalue weighted by Gasteiger charge is -2.48. The van der Waals surface area contributed by atoms with E-state index in [2.05, 4.69) is 54.7 Å². The molecule has 1 aromatic heterocycles. The molecule has 64 heavy (non-hydrogen) atoms. The van der Waals surface area contributed by atoms with Gasteiger partial charge in [0.05, 0.1) is 31.2 Å². The van der Waals surface area contributed by atoms with Crippen molar-refractivity contribution in [2.24, 2.45) is 0 Å². The number of aromatic nitrogens is 2. The molecule has 0 spiro atoms. The molecule has 4 aliphatic heterocycles. The van der Waals surface area contributed by atoms with Crippen LogP contribution in [0.25, 0.3) is 0 Å². The van der Waals surface area contributed by atoms with Gasteiger partial charge in [-0.2, -0.15) is 4.98 Å². The van der Waals surface area contributed by atoms with Crippen LogP contribution in [0.4, 0.5) is 28.8 Å². The van der Waals surface area contributed by atoms with E-state index in [1.54, 1.807) is 37.6 Å². The molecule has 5 heterocycles. The summed E-state index contributed by atoms with van der Waals surface area (Å²) in [6.45, 7) is 12.1. The van der Waals surface area contributed by atoms with Gasteiger partial charge in [-0.1, -0.05) is 36.7 Å². The number of hydrogen-bond acceptors (Lipinski definition) is 13. The Bertz CT molecular complexity index is 2480. The van der Waals surface area contributed by atoms with Gasteiger partial charge in [-0.15, -0.1) is 0 Å². The molecule has 1 saturated carbocycles. The van der Waals surface area contributed by atoms with E-state index < -0.39 is 19.1 Å². The topological polar surface area (TPSA) is 162 Å². The van der Waals surface area contributed by atoms with Gasteiger partial charge >= 0.3 is 0 Å². The van der Waals surface area contributed by atoms with Crippen LogP contribution >= 0.6 is 18.7 Å². The number of amides is 3. The zero-order valence-electron chi connectivity index (χ0n) is 36.9. The van der Waals surface area contributed by atoms with E-state index in [0.717, 1.165) is 93.7 Å². The fourth-order valence-electron chi connectivity index (χ4n) is 9.99. The first-order valence-electron chi connectivity index (χ1n) is 22.4. The molecular formula is C47H57ClN9O6P. The number of piperidine rings is 2. The Labute approximate surface area is 379 Å². The minimum absolute atomic E-state index is 0.0876. The molecule has 3 amide bonds. The second kappa shape index (κ2) is 18.3. The van der Waals surface area contributed by atoms with Gasteiger partial charge in [0.15, 0.2) is 5.82 Å². The smallest absolute Gasteiger partial charge is 0.255 e. The maximum Gasteiger partial charge on any atom is 0.255 e. The molecule has 9 rings (SSSR count). The van der Waals surface area contributed by atoms with Gasteiger partial charge < -0.3 is 34.5 Å². The summed E-state index contributed by atoms with van der Waals surface area (Å²) in [4.78, 5) is 56.1. The van der Waals surface area contributed by atoms with Gasteiger partial charge in [0, 0.05) is 98.8 Å². The number of rotatable bonds is 13. The number of aryl methyl sites for hydroxylation is 1. The van der Waals surface area contributed by atoms with E-state index in [4.69, 9.17) is 26.1 Å². The number of hydrogen-bond donors (Lipinski definition) is 3. The summed E-state index contributed by atoms with van der Waals surface area (Å²) in [6, 6.07) is 17.7. The molecular weight excluding hydrogens is 853 g/mol. The van der Waals surface area contributed by atoms with Gasteiger partial charge in [-0.3, -0.25) is 29.5 Å². The first kappa shape index (κ1) is 44.0. The largest absolute Gasteiger partial charge is 0.494 e. The number of piperazine rings is 1. The molecule has 5 aliphatic rings. The third kappa shape index (κ3) is 9.05. The summed E-state index contributed by atoms with van der Waals surface area (Å²) in [7, 11) is -0.880. The predicted molar refractivity (Wildman–Crippen MR) is 250 cm³/mol. The van der Waals surface area contributed by atoms with E-state index in [1.807, 2.05) is 36.4 Å². The molecule has 0 bridgehead atoms. The first-order valence-corrected chi connectivity index (χ1v) is 25.4. The van der Waals surface area contributed by atoms with E-state index in [9.17, 15) is 18.9 Å². The highest BCUT2D eigenvalue weighted by atomic mass is 35.5. The van der Waals surface area contributed by atoms with Crippen molar-refractivity contribution in [1.82, 2.24) is 30.0 Å². The molecule has 0 radical (unpaired) electrons. The summed E-state index contributed by atoms with van der Waals surface area (Å²) in [5, 5.41) is 10.1. The third-order valence-corrected chi connectivity index (χ3v) is 15.4. The number of ether oxygens (including phenoxy) is 2. The summed E-state index contributed by atoms with van der Waals surface area (Å²) in [5.41, 5.74) is 5.26. The maximum atomic E-state index is 13.3. The first-order chi connectivity index (χ1) is 30.9. The number of methoxy groups -OCH3 is 1. The van der Waals surface area contributed by atoms with Gasteiger partial charge in [0.1, 0.15) is 35.8 Å². The number of carbonyl (C=O) groups is 3. The van der Waals surface area contributed by atoms with Gasteiger partial charge in [-0.05, 0) is 74.9 Å². The van der Waals surface area contributed by atoms with Crippen LogP contribution in [0.2, 0.25) is 5.02 Å². The Morgan fingerprint density at radius 1 is 0.875 bits per heavy atom. The number of halogens is 1. The number of anilines is 5. The van der Waals surface area contributed by atoms with E-state index in [1.165, 1.54) is 11.3 Å². The quantitative estimate of drug-likeness (QED) is 0.100. The summed E-state index contributed by atoms with van der Waals surface area (Å²) in [5.74, 6) is 1.31. The molecule has 3 aromatic carbocycles. The van der Waals surface area contributed by atoms with Crippen molar-refractivity contribution < 1.29 is 28.4 Å². The van der Waals surface area contributed by atoms with Crippen molar-refractivity contribution in [3.63, 3.8) is 0 Å². The zero-order valence-corrected chi connectivity index (χ0v) is 38.6. The fourth-order valence-corrected chi connectivity index (χ4v) is 11.3. The Morgan fingerprint density at radius 2 is 1.61 bits per heavy atom. The number of nitrogens with zero attached hydrogens (tertiary/aromatic N) is 6. The third-order valence-electron chi connectivity index (χ3n) is 13.6.